The molecular weight excluding hydrogens is 274 g/mol. The van der Waals surface area contributed by atoms with Crippen LogP contribution in [-0.4, -0.2) is 23.0 Å². The van der Waals surface area contributed by atoms with Gasteiger partial charge in [0.1, 0.15) is 6.04 Å². The van der Waals surface area contributed by atoms with E-state index in [0.29, 0.717) is 5.56 Å². The lowest BCUT2D eigenvalue weighted by Gasteiger charge is -2.09. The van der Waals surface area contributed by atoms with Crippen molar-refractivity contribution in [3.63, 3.8) is 0 Å². The Morgan fingerprint density at radius 2 is 2.06 bits per heavy atom. The van der Waals surface area contributed by atoms with Gasteiger partial charge in [-0.05, 0) is 37.6 Å². The quantitative estimate of drug-likeness (QED) is 0.892. The van der Waals surface area contributed by atoms with Crippen LogP contribution in [0.15, 0.2) is 22.7 Å². The number of hydrogen-bond donors (Lipinski definition) is 2. The van der Waals surface area contributed by atoms with Gasteiger partial charge in [-0.15, -0.1) is 0 Å². The molecule has 16 heavy (non-hydrogen) atoms. The van der Waals surface area contributed by atoms with Crippen molar-refractivity contribution in [2.24, 2.45) is 0 Å². The van der Waals surface area contributed by atoms with Gasteiger partial charge in [-0.25, -0.2) is 0 Å². The summed E-state index contributed by atoms with van der Waals surface area (Å²) < 4.78 is 0.912. The molecule has 0 aromatic heterocycles. The highest BCUT2D eigenvalue weighted by Crippen LogP contribution is 2.17. The number of carboxylic acids is 1. The summed E-state index contributed by atoms with van der Waals surface area (Å²) in [5.74, 6) is -1.44. The zero-order valence-electron chi connectivity index (χ0n) is 8.95. The standard InChI is InChI=1S/C11H12BrNO3/c1-6-5-8(3-4-9(6)12)10(14)13-7(2)11(15)16/h3-5,7H,1-2H3,(H,13,14)(H,15,16)/t7-/m1/s1. The molecule has 0 bridgehead atoms. The number of rotatable bonds is 3. The molecule has 0 heterocycles. The Bertz CT molecular complexity index is 431. The molecular formula is C11H12BrNO3. The Labute approximate surface area is 102 Å². The number of carbonyl (C=O) groups excluding carboxylic acids is 1. The van der Waals surface area contributed by atoms with Gasteiger partial charge in [0, 0.05) is 10.0 Å². The molecule has 1 rings (SSSR count). The number of aliphatic carboxylic acids is 1. The van der Waals surface area contributed by atoms with E-state index in [1.54, 1.807) is 18.2 Å². The number of carbonyl (C=O) groups is 2. The zero-order chi connectivity index (χ0) is 12.3. The second-order valence-electron chi connectivity index (χ2n) is 3.50. The minimum Gasteiger partial charge on any atom is -0.480 e. The van der Waals surface area contributed by atoms with E-state index in [2.05, 4.69) is 21.2 Å². The van der Waals surface area contributed by atoms with Crippen molar-refractivity contribution in [3.8, 4) is 0 Å². The van der Waals surface area contributed by atoms with Crippen molar-refractivity contribution in [3.05, 3.63) is 33.8 Å². The highest BCUT2D eigenvalue weighted by atomic mass is 79.9. The lowest BCUT2D eigenvalue weighted by atomic mass is 10.1. The number of carboxylic acid groups (broad SMARTS) is 1. The Morgan fingerprint density at radius 3 is 2.56 bits per heavy atom. The van der Waals surface area contributed by atoms with E-state index in [-0.39, 0.29) is 5.91 Å². The third-order valence-corrected chi connectivity index (χ3v) is 3.03. The van der Waals surface area contributed by atoms with Gasteiger partial charge in [-0.1, -0.05) is 15.9 Å². The molecule has 0 aliphatic rings. The van der Waals surface area contributed by atoms with Crippen molar-refractivity contribution in [1.82, 2.24) is 5.32 Å². The molecule has 5 heteroatoms. The molecule has 0 saturated heterocycles. The van der Waals surface area contributed by atoms with Crippen LogP contribution < -0.4 is 5.32 Å². The van der Waals surface area contributed by atoms with Gasteiger partial charge < -0.3 is 10.4 Å². The first-order valence-electron chi connectivity index (χ1n) is 4.71. The second-order valence-corrected chi connectivity index (χ2v) is 4.35. The fourth-order valence-corrected chi connectivity index (χ4v) is 1.37. The van der Waals surface area contributed by atoms with Crippen LogP contribution in [0.25, 0.3) is 0 Å². The van der Waals surface area contributed by atoms with Crippen LogP contribution in [0.1, 0.15) is 22.8 Å². The molecule has 0 aliphatic carbocycles. The molecule has 0 radical (unpaired) electrons. The van der Waals surface area contributed by atoms with E-state index in [1.807, 2.05) is 6.92 Å². The second kappa shape index (κ2) is 5.12. The summed E-state index contributed by atoms with van der Waals surface area (Å²) in [4.78, 5) is 22.2. The Balaban J connectivity index is 2.81. The maximum Gasteiger partial charge on any atom is 0.325 e. The molecule has 1 aromatic carbocycles. The normalized spacial score (nSPS) is 11.9. The summed E-state index contributed by atoms with van der Waals surface area (Å²) in [5.41, 5.74) is 1.38. The van der Waals surface area contributed by atoms with Gasteiger partial charge in [0.05, 0.1) is 0 Å². The molecule has 0 unspecified atom stereocenters. The van der Waals surface area contributed by atoms with Crippen LogP contribution in [0, 0.1) is 6.92 Å². The summed E-state index contributed by atoms with van der Waals surface area (Å²) in [7, 11) is 0. The van der Waals surface area contributed by atoms with Gasteiger partial charge in [0.2, 0.25) is 0 Å². The van der Waals surface area contributed by atoms with Gasteiger partial charge in [0.15, 0.2) is 0 Å². The van der Waals surface area contributed by atoms with E-state index in [1.165, 1.54) is 6.92 Å². The van der Waals surface area contributed by atoms with Crippen LogP contribution >= 0.6 is 15.9 Å². The summed E-state index contributed by atoms with van der Waals surface area (Å²) >= 11 is 3.33. The molecule has 4 nitrogen and oxygen atoms in total. The van der Waals surface area contributed by atoms with Crippen molar-refractivity contribution >= 4 is 27.8 Å². The van der Waals surface area contributed by atoms with E-state index >= 15 is 0 Å². The fourth-order valence-electron chi connectivity index (χ4n) is 1.13. The topological polar surface area (TPSA) is 66.4 Å². The van der Waals surface area contributed by atoms with Crippen molar-refractivity contribution in [2.75, 3.05) is 0 Å². The van der Waals surface area contributed by atoms with Crippen LogP contribution in [0.5, 0.6) is 0 Å². The molecule has 1 amide bonds. The smallest absolute Gasteiger partial charge is 0.325 e. The summed E-state index contributed by atoms with van der Waals surface area (Å²) in [5, 5.41) is 11.0. The lowest BCUT2D eigenvalue weighted by Crippen LogP contribution is -2.38. The van der Waals surface area contributed by atoms with Crippen LogP contribution in [-0.2, 0) is 4.79 Å². The van der Waals surface area contributed by atoms with Crippen molar-refractivity contribution in [2.45, 2.75) is 19.9 Å². The van der Waals surface area contributed by atoms with Crippen LogP contribution in [0.3, 0.4) is 0 Å². The number of hydrogen-bond acceptors (Lipinski definition) is 2. The molecule has 0 fully saturated rings. The summed E-state index contributed by atoms with van der Waals surface area (Å²) in [6, 6.07) is 4.21. The highest BCUT2D eigenvalue weighted by Gasteiger charge is 2.15. The Hall–Kier alpha value is -1.36. The molecule has 0 spiro atoms. The van der Waals surface area contributed by atoms with E-state index in [4.69, 9.17) is 5.11 Å². The third-order valence-electron chi connectivity index (χ3n) is 2.14. The monoisotopic (exact) mass is 285 g/mol. The average Bonchev–Trinajstić information content (AvgIpc) is 2.21. The maximum absolute atomic E-state index is 11.6. The van der Waals surface area contributed by atoms with Crippen molar-refractivity contribution < 1.29 is 14.7 Å². The SMILES string of the molecule is Cc1cc(C(=O)N[C@H](C)C(=O)O)ccc1Br. The van der Waals surface area contributed by atoms with Gasteiger partial charge in [0.25, 0.3) is 5.91 Å². The summed E-state index contributed by atoms with van der Waals surface area (Å²) in [6.07, 6.45) is 0. The number of aryl methyl sites for hydroxylation is 1. The number of nitrogens with one attached hydrogen (secondary N) is 1. The van der Waals surface area contributed by atoms with Gasteiger partial charge >= 0.3 is 5.97 Å². The van der Waals surface area contributed by atoms with E-state index in [0.717, 1.165) is 10.0 Å². The Kier molecular flexibility index (Phi) is 4.06. The predicted octanol–water partition coefficient (Wildman–Crippen LogP) is 1.96. The van der Waals surface area contributed by atoms with Crippen molar-refractivity contribution in [1.29, 1.82) is 0 Å². The highest BCUT2D eigenvalue weighted by molar-refractivity contribution is 9.10. The minimum absolute atomic E-state index is 0.384. The predicted molar refractivity (Wildman–Crippen MR) is 63.4 cm³/mol. The number of amides is 1. The first-order valence-corrected chi connectivity index (χ1v) is 5.51. The molecule has 0 saturated carbocycles. The van der Waals surface area contributed by atoms with Gasteiger partial charge in [-0.3, -0.25) is 9.59 Å². The van der Waals surface area contributed by atoms with E-state index < -0.39 is 12.0 Å². The zero-order valence-corrected chi connectivity index (χ0v) is 10.5. The molecule has 1 atom stereocenters. The average molecular weight is 286 g/mol. The first kappa shape index (κ1) is 12.7. The molecule has 86 valence electrons. The molecule has 2 N–H and O–H groups in total. The maximum atomic E-state index is 11.6. The van der Waals surface area contributed by atoms with E-state index in [9.17, 15) is 9.59 Å². The third kappa shape index (κ3) is 3.06. The fraction of sp³-hybridized carbons (Fsp3) is 0.273. The Morgan fingerprint density at radius 1 is 1.44 bits per heavy atom. The summed E-state index contributed by atoms with van der Waals surface area (Å²) in [6.45, 7) is 3.29. The number of halogens is 1. The first-order chi connectivity index (χ1) is 7.41. The lowest BCUT2D eigenvalue weighted by molar-refractivity contribution is -0.138. The van der Waals surface area contributed by atoms with Gasteiger partial charge in [-0.2, -0.15) is 0 Å². The largest absolute Gasteiger partial charge is 0.480 e. The molecule has 1 aromatic rings. The van der Waals surface area contributed by atoms with Crippen LogP contribution in [0.4, 0.5) is 0 Å². The molecule has 0 aliphatic heterocycles. The van der Waals surface area contributed by atoms with Crippen LogP contribution in [0.2, 0.25) is 0 Å². The minimum atomic E-state index is -1.05. The number of benzene rings is 1.